The molecule has 3 aromatic rings. The normalized spacial score (nSPS) is 11.5. The number of sulfonamides is 1. The summed E-state index contributed by atoms with van der Waals surface area (Å²) in [5, 5.41) is 3.90. The Kier molecular flexibility index (Phi) is 6.84. The van der Waals surface area contributed by atoms with Crippen LogP contribution in [0.2, 0.25) is 0 Å². The average Bonchev–Trinajstić information content (AvgIpc) is 2.68. The number of rotatable bonds is 8. The maximum atomic E-state index is 12.2. The van der Waals surface area contributed by atoms with Crippen molar-refractivity contribution >= 4 is 32.2 Å². The lowest BCUT2D eigenvalue weighted by Crippen LogP contribution is -2.20. The van der Waals surface area contributed by atoms with Crippen LogP contribution in [0.1, 0.15) is 16.7 Å². The molecule has 0 aliphatic heterocycles. The van der Waals surface area contributed by atoms with Gasteiger partial charge in [-0.15, -0.1) is 0 Å². The molecule has 0 aliphatic carbocycles. The summed E-state index contributed by atoms with van der Waals surface area (Å²) in [6.07, 6.45) is 1.44. The number of hydrogen-bond acceptors (Lipinski definition) is 4. The minimum atomic E-state index is -3.58. The third kappa shape index (κ3) is 6.21. The van der Waals surface area contributed by atoms with E-state index in [0.717, 1.165) is 10.0 Å². The second-order valence-electron chi connectivity index (χ2n) is 6.05. The Morgan fingerprint density at radius 3 is 2.25 bits per heavy atom. The van der Waals surface area contributed by atoms with Gasteiger partial charge in [-0.2, -0.15) is 5.10 Å². The highest BCUT2D eigenvalue weighted by Crippen LogP contribution is 2.23. The maximum absolute atomic E-state index is 12.2. The Bertz CT molecular complexity index is 1040. The molecular formula is C21H19BrN2O3S. The van der Waals surface area contributed by atoms with Crippen molar-refractivity contribution in [3.8, 4) is 5.75 Å². The predicted molar refractivity (Wildman–Crippen MR) is 115 cm³/mol. The Morgan fingerprint density at radius 2 is 1.57 bits per heavy atom. The lowest BCUT2D eigenvalue weighted by Gasteiger charge is -2.10. The van der Waals surface area contributed by atoms with Gasteiger partial charge < -0.3 is 4.74 Å². The number of nitrogens with zero attached hydrogens (tertiary/aromatic N) is 1. The van der Waals surface area contributed by atoms with Gasteiger partial charge >= 0.3 is 0 Å². The van der Waals surface area contributed by atoms with Gasteiger partial charge in [0.05, 0.1) is 12.0 Å². The van der Waals surface area contributed by atoms with E-state index in [9.17, 15) is 8.42 Å². The molecule has 0 amide bonds. The Hall–Kier alpha value is -2.64. The first-order valence-electron chi connectivity index (χ1n) is 8.54. The van der Waals surface area contributed by atoms with E-state index in [1.54, 1.807) is 24.3 Å². The fourth-order valence-corrected chi connectivity index (χ4v) is 3.78. The number of benzene rings is 3. The first kappa shape index (κ1) is 20.1. The summed E-state index contributed by atoms with van der Waals surface area (Å²) in [6, 6.07) is 24.2. The topological polar surface area (TPSA) is 67.8 Å². The largest absolute Gasteiger partial charge is 0.488 e. The van der Waals surface area contributed by atoms with E-state index in [1.807, 2.05) is 54.6 Å². The monoisotopic (exact) mass is 458 g/mol. The van der Waals surface area contributed by atoms with E-state index in [2.05, 4.69) is 25.9 Å². The van der Waals surface area contributed by atoms with Crippen LogP contribution in [0.3, 0.4) is 0 Å². The van der Waals surface area contributed by atoms with Gasteiger partial charge in [-0.3, -0.25) is 0 Å². The van der Waals surface area contributed by atoms with Crippen LogP contribution in [0, 0.1) is 0 Å². The second kappa shape index (κ2) is 9.52. The molecule has 144 valence electrons. The average molecular weight is 459 g/mol. The Morgan fingerprint density at radius 1 is 0.929 bits per heavy atom. The summed E-state index contributed by atoms with van der Waals surface area (Å²) in [4.78, 5) is 2.25. The molecule has 0 saturated heterocycles. The van der Waals surface area contributed by atoms with Gasteiger partial charge in [0.25, 0.3) is 10.0 Å². The molecule has 0 aromatic heterocycles. The van der Waals surface area contributed by atoms with E-state index in [0.29, 0.717) is 23.5 Å². The van der Waals surface area contributed by atoms with E-state index >= 15 is 0 Å². The van der Waals surface area contributed by atoms with Crippen LogP contribution in [-0.2, 0) is 22.4 Å². The minimum Gasteiger partial charge on any atom is -0.488 e. The van der Waals surface area contributed by atoms with Crippen molar-refractivity contribution in [1.82, 2.24) is 4.83 Å². The molecule has 28 heavy (non-hydrogen) atoms. The predicted octanol–water partition coefficient (Wildman–Crippen LogP) is 4.48. The van der Waals surface area contributed by atoms with E-state index in [-0.39, 0.29) is 5.75 Å². The smallest absolute Gasteiger partial charge is 0.251 e. The van der Waals surface area contributed by atoms with Crippen molar-refractivity contribution in [3.05, 3.63) is 100 Å². The van der Waals surface area contributed by atoms with Crippen molar-refractivity contribution in [1.29, 1.82) is 0 Å². The minimum absolute atomic E-state index is 0.138. The zero-order valence-electron chi connectivity index (χ0n) is 15.0. The molecular weight excluding hydrogens is 440 g/mol. The van der Waals surface area contributed by atoms with Crippen molar-refractivity contribution < 1.29 is 13.2 Å². The molecule has 0 aliphatic rings. The molecule has 0 heterocycles. The quantitative estimate of drug-likeness (QED) is 0.399. The van der Waals surface area contributed by atoms with Crippen LogP contribution in [0.4, 0.5) is 0 Å². The molecule has 0 saturated carbocycles. The molecule has 5 nitrogen and oxygen atoms in total. The van der Waals surface area contributed by atoms with E-state index in [1.165, 1.54) is 6.21 Å². The Labute approximate surface area is 173 Å². The van der Waals surface area contributed by atoms with Crippen LogP contribution < -0.4 is 9.57 Å². The third-order valence-corrected chi connectivity index (χ3v) is 5.39. The third-order valence-electron chi connectivity index (χ3n) is 3.80. The first-order chi connectivity index (χ1) is 13.5. The van der Waals surface area contributed by atoms with Crippen LogP contribution in [0.25, 0.3) is 0 Å². The molecule has 0 spiro atoms. The van der Waals surface area contributed by atoms with Crippen LogP contribution in [-0.4, -0.2) is 14.6 Å². The zero-order chi connectivity index (χ0) is 19.8. The maximum Gasteiger partial charge on any atom is 0.251 e. The molecule has 0 fully saturated rings. The van der Waals surface area contributed by atoms with Crippen LogP contribution in [0.15, 0.2) is 88.4 Å². The number of ether oxygens (including phenoxy) is 1. The highest BCUT2D eigenvalue weighted by Gasteiger charge is 2.10. The summed E-state index contributed by atoms with van der Waals surface area (Å²) < 4.78 is 31.1. The van der Waals surface area contributed by atoms with Gasteiger partial charge in [0.15, 0.2) is 0 Å². The first-order valence-corrected chi connectivity index (χ1v) is 11.0. The molecule has 7 heteroatoms. The number of hydrogen-bond donors (Lipinski definition) is 1. The second-order valence-corrected chi connectivity index (χ2v) is 8.67. The summed E-state index contributed by atoms with van der Waals surface area (Å²) in [5.74, 6) is 0.471. The summed E-state index contributed by atoms with van der Waals surface area (Å²) in [7, 11) is -3.58. The van der Waals surface area contributed by atoms with Gasteiger partial charge in [0.1, 0.15) is 12.4 Å². The zero-order valence-corrected chi connectivity index (χ0v) is 17.4. The van der Waals surface area contributed by atoms with E-state index in [4.69, 9.17) is 4.74 Å². The molecule has 3 rings (SSSR count). The van der Waals surface area contributed by atoms with Crippen molar-refractivity contribution in [2.24, 2.45) is 5.10 Å². The molecule has 1 N–H and O–H groups in total. The van der Waals surface area contributed by atoms with Gasteiger partial charge in [-0.05, 0) is 29.3 Å². The van der Waals surface area contributed by atoms with Gasteiger partial charge in [0.2, 0.25) is 0 Å². The fourth-order valence-electron chi connectivity index (χ4n) is 2.49. The molecule has 3 aromatic carbocycles. The van der Waals surface area contributed by atoms with Crippen LogP contribution in [0.5, 0.6) is 5.75 Å². The lowest BCUT2D eigenvalue weighted by molar-refractivity contribution is 0.305. The number of hydrazone groups is 1. The van der Waals surface area contributed by atoms with Crippen molar-refractivity contribution in [2.45, 2.75) is 12.4 Å². The molecule has 0 radical (unpaired) electrons. The standard InChI is InChI=1S/C21H19BrN2O3S/c22-20-11-12-21(27-15-17-7-3-1-4-8-17)19(13-20)14-23-24-28(25,26)16-18-9-5-2-6-10-18/h1-14,24H,15-16H2. The van der Waals surface area contributed by atoms with Crippen molar-refractivity contribution in [2.75, 3.05) is 0 Å². The summed E-state index contributed by atoms with van der Waals surface area (Å²) in [6.45, 7) is 0.406. The number of nitrogens with one attached hydrogen (secondary N) is 1. The molecule has 0 unspecified atom stereocenters. The summed E-state index contributed by atoms with van der Waals surface area (Å²) >= 11 is 3.41. The van der Waals surface area contributed by atoms with Gasteiger partial charge in [0, 0.05) is 10.0 Å². The van der Waals surface area contributed by atoms with Crippen molar-refractivity contribution in [3.63, 3.8) is 0 Å². The van der Waals surface area contributed by atoms with Crippen LogP contribution >= 0.6 is 15.9 Å². The summed E-state index contributed by atoms with van der Waals surface area (Å²) in [5.41, 5.74) is 2.39. The van der Waals surface area contributed by atoms with Gasteiger partial charge in [-0.1, -0.05) is 76.6 Å². The lowest BCUT2D eigenvalue weighted by atomic mass is 10.2. The van der Waals surface area contributed by atoms with E-state index < -0.39 is 10.0 Å². The number of halogens is 1. The van der Waals surface area contributed by atoms with Gasteiger partial charge in [-0.25, -0.2) is 13.2 Å². The molecule has 0 atom stereocenters. The Balaban J connectivity index is 1.68. The highest BCUT2D eigenvalue weighted by molar-refractivity contribution is 9.10. The SMILES string of the molecule is O=S(=O)(Cc1ccccc1)NN=Cc1cc(Br)ccc1OCc1ccccc1. The molecule has 0 bridgehead atoms. The highest BCUT2D eigenvalue weighted by atomic mass is 79.9. The fraction of sp³-hybridized carbons (Fsp3) is 0.0952.